The third kappa shape index (κ3) is 5.62. The van der Waals surface area contributed by atoms with Crippen molar-refractivity contribution in [2.75, 3.05) is 31.7 Å². The lowest BCUT2D eigenvalue weighted by molar-refractivity contribution is -0.191. The Morgan fingerprint density at radius 3 is 2.35 bits per heavy atom. The summed E-state index contributed by atoms with van der Waals surface area (Å²) in [4.78, 5) is 17.8. The third-order valence-corrected chi connectivity index (χ3v) is 9.03. The van der Waals surface area contributed by atoms with Crippen LogP contribution in [-0.4, -0.2) is 67.1 Å². The number of aromatic nitrogens is 1. The Balaban J connectivity index is 1.47. The molecule has 2 aliphatic rings. The van der Waals surface area contributed by atoms with Crippen molar-refractivity contribution in [1.29, 1.82) is 0 Å². The summed E-state index contributed by atoms with van der Waals surface area (Å²) >= 11 is 0. The molecule has 202 valence electrons. The molecule has 1 N–H and O–H groups in total. The van der Waals surface area contributed by atoms with Crippen molar-refractivity contribution in [1.82, 2.24) is 14.2 Å². The van der Waals surface area contributed by atoms with E-state index in [4.69, 9.17) is 0 Å². The van der Waals surface area contributed by atoms with Crippen LogP contribution in [0.1, 0.15) is 49.6 Å². The number of fused-ring (bicyclic) bond motifs is 1. The fourth-order valence-corrected chi connectivity index (χ4v) is 6.38. The maximum Gasteiger partial charge on any atom is 0.414 e. The SMILES string of the molecule is CN(C(=O)C1CCN(S(C)(=O)=O)CC1)C(c1ccc(N[C@H]2Cc3ccccc3C2(C)C)cn1)C(F)(F)F. The van der Waals surface area contributed by atoms with Gasteiger partial charge in [-0.05, 0) is 42.5 Å². The van der Waals surface area contributed by atoms with Gasteiger partial charge in [-0.3, -0.25) is 9.78 Å². The van der Waals surface area contributed by atoms with Gasteiger partial charge in [0.25, 0.3) is 0 Å². The molecule has 0 bridgehead atoms. The van der Waals surface area contributed by atoms with Crippen molar-refractivity contribution >= 4 is 21.6 Å². The van der Waals surface area contributed by atoms with Gasteiger partial charge in [0.2, 0.25) is 15.9 Å². The second kappa shape index (κ2) is 9.90. The van der Waals surface area contributed by atoms with Crippen molar-refractivity contribution in [2.45, 2.75) is 56.8 Å². The molecule has 0 spiro atoms. The lowest BCUT2D eigenvalue weighted by Crippen LogP contribution is -2.46. The molecule has 11 heteroatoms. The lowest BCUT2D eigenvalue weighted by Gasteiger charge is -2.35. The predicted octanol–water partition coefficient (Wildman–Crippen LogP) is 4.13. The molecule has 1 aromatic heterocycles. The first-order valence-electron chi connectivity index (χ1n) is 12.3. The third-order valence-electron chi connectivity index (χ3n) is 7.73. The second-order valence-electron chi connectivity index (χ2n) is 10.6. The number of rotatable bonds is 6. The largest absolute Gasteiger partial charge is 0.414 e. The predicted molar refractivity (Wildman–Crippen MR) is 136 cm³/mol. The van der Waals surface area contributed by atoms with Gasteiger partial charge in [0.05, 0.1) is 23.8 Å². The van der Waals surface area contributed by atoms with Crippen LogP contribution >= 0.6 is 0 Å². The standard InChI is InChI=1S/C26H33F3N4O3S/c1-25(2)20-8-6-5-7-18(20)15-22(25)31-19-9-10-21(30-16-19)23(26(27,28)29)32(3)24(34)17-11-13-33(14-12-17)37(4,35)36/h5-10,16-17,22-23,31H,11-15H2,1-4H3/t22-,23?/m0/s1. The summed E-state index contributed by atoms with van der Waals surface area (Å²) in [7, 11) is -2.27. The number of alkyl halides is 3. The molecule has 1 amide bonds. The fraction of sp³-hybridized carbons (Fsp3) is 0.538. The molecule has 1 unspecified atom stereocenters. The number of pyridine rings is 1. The highest BCUT2D eigenvalue weighted by atomic mass is 32.2. The van der Waals surface area contributed by atoms with Crippen LogP contribution in [0.25, 0.3) is 0 Å². The molecule has 0 saturated carbocycles. The quantitative estimate of drug-likeness (QED) is 0.598. The molecule has 1 saturated heterocycles. The van der Waals surface area contributed by atoms with Crippen molar-refractivity contribution < 1.29 is 26.4 Å². The van der Waals surface area contributed by atoms with E-state index >= 15 is 0 Å². The van der Waals surface area contributed by atoms with Gasteiger partial charge in [-0.25, -0.2) is 12.7 Å². The van der Waals surface area contributed by atoms with E-state index in [2.05, 4.69) is 36.3 Å². The van der Waals surface area contributed by atoms with E-state index < -0.39 is 34.1 Å². The molecular formula is C26H33F3N4O3S. The van der Waals surface area contributed by atoms with E-state index in [9.17, 15) is 26.4 Å². The zero-order valence-electron chi connectivity index (χ0n) is 21.4. The minimum atomic E-state index is -4.73. The van der Waals surface area contributed by atoms with Crippen molar-refractivity contribution in [3.63, 3.8) is 0 Å². The summed E-state index contributed by atoms with van der Waals surface area (Å²) in [6, 6.07) is 8.93. The average molecular weight is 539 g/mol. The summed E-state index contributed by atoms with van der Waals surface area (Å²) in [5.41, 5.74) is 2.67. The van der Waals surface area contributed by atoms with Gasteiger partial charge in [-0.2, -0.15) is 13.2 Å². The van der Waals surface area contributed by atoms with Crippen molar-refractivity contribution in [2.24, 2.45) is 5.92 Å². The van der Waals surface area contributed by atoms with Crippen molar-refractivity contribution in [3.8, 4) is 0 Å². The normalized spacial score (nSPS) is 21.3. The maximum atomic E-state index is 14.1. The van der Waals surface area contributed by atoms with E-state index in [0.29, 0.717) is 10.6 Å². The molecule has 2 aromatic rings. The number of halogens is 3. The molecule has 7 nitrogen and oxygen atoms in total. The van der Waals surface area contributed by atoms with Crippen LogP contribution in [0.3, 0.4) is 0 Å². The Labute approximate surface area is 216 Å². The zero-order valence-corrected chi connectivity index (χ0v) is 22.2. The van der Waals surface area contributed by atoms with Gasteiger partial charge in [-0.1, -0.05) is 38.1 Å². The fourth-order valence-electron chi connectivity index (χ4n) is 5.51. The molecule has 1 aliphatic carbocycles. The second-order valence-corrected chi connectivity index (χ2v) is 12.6. The molecular weight excluding hydrogens is 505 g/mol. The van der Waals surface area contributed by atoms with E-state index in [1.54, 1.807) is 6.07 Å². The topological polar surface area (TPSA) is 82.6 Å². The highest BCUT2D eigenvalue weighted by Gasteiger charge is 2.47. The number of carbonyl (C=O) groups excluding carboxylic acids is 1. The average Bonchev–Trinajstić information content (AvgIpc) is 3.08. The molecule has 1 fully saturated rings. The first-order valence-corrected chi connectivity index (χ1v) is 14.1. The molecule has 4 rings (SSSR count). The molecule has 0 radical (unpaired) electrons. The number of hydrogen-bond acceptors (Lipinski definition) is 5. The number of carbonyl (C=O) groups is 1. The number of anilines is 1. The maximum absolute atomic E-state index is 14.1. The van der Waals surface area contributed by atoms with E-state index in [-0.39, 0.29) is 43.1 Å². The number of benzene rings is 1. The summed E-state index contributed by atoms with van der Waals surface area (Å²) in [5.74, 6) is -1.34. The molecule has 37 heavy (non-hydrogen) atoms. The molecule has 1 aliphatic heterocycles. The van der Waals surface area contributed by atoms with Crippen LogP contribution in [-0.2, 0) is 26.7 Å². The van der Waals surface area contributed by atoms with Gasteiger partial charge in [0, 0.05) is 37.5 Å². The van der Waals surface area contributed by atoms with Gasteiger partial charge in [-0.15, -0.1) is 0 Å². The lowest BCUT2D eigenvalue weighted by atomic mass is 9.83. The Hall–Kier alpha value is -2.66. The minimum absolute atomic E-state index is 0.0537. The van der Waals surface area contributed by atoms with Crippen molar-refractivity contribution in [3.05, 3.63) is 59.4 Å². The van der Waals surface area contributed by atoms with E-state index in [1.165, 1.54) is 27.7 Å². The number of piperidine rings is 1. The van der Waals surface area contributed by atoms with Crippen LogP contribution in [0.15, 0.2) is 42.6 Å². The zero-order chi connectivity index (χ0) is 27.2. The Morgan fingerprint density at radius 2 is 1.81 bits per heavy atom. The van der Waals surface area contributed by atoms with E-state index in [0.717, 1.165) is 19.7 Å². The van der Waals surface area contributed by atoms with Gasteiger partial charge < -0.3 is 10.2 Å². The van der Waals surface area contributed by atoms with Crippen LogP contribution in [0, 0.1) is 5.92 Å². The number of nitrogens with one attached hydrogen (secondary N) is 1. The summed E-state index contributed by atoms with van der Waals surface area (Å²) < 4.78 is 67.1. The highest BCUT2D eigenvalue weighted by Crippen LogP contribution is 2.41. The number of amides is 1. The van der Waals surface area contributed by atoms with Crippen LogP contribution in [0.4, 0.5) is 18.9 Å². The molecule has 1 aromatic carbocycles. The number of nitrogens with zero attached hydrogens (tertiary/aromatic N) is 3. The number of hydrogen-bond donors (Lipinski definition) is 1. The van der Waals surface area contributed by atoms with Gasteiger partial charge in [0.1, 0.15) is 0 Å². The Morgan fingerprint density at radius 1 is 1.16 bits per heavy atom. The minimum Gasteiger partial charge on any atom is -0.380 e. The molecule has 2 heterocycles. The smallest absolute Gasteiger partial charge is 0.380 e. The van der Waals surface area contributed by atoms with Gasteiger partial charge in [0.15, 0.2) is 6.04 Å². The van der Waals surface area contributed by atoms with Crippen LogP contribution in [0.5, 0.6) is 0 Å². The highest BCUT2D eigenvalue weighted by molar-refractivity contribution is 7.88. The number of sulfonamides is 1. The monoisotopic (exact) mass is 538 g/mol. The van der Waals surface area contributed by atoms with Gasteiger partial charge >= 0.3 is 6.18 Å². The Bertz CT molecular complexity index is 1240. The molecule has 2 atom stereocenters. The first kappa shape index (κ1) is 27.4. The summed E-state index contributed by atoms with van der Waals surface area (Å²) in [5, 5.41) is 3.42. The van der Waals surface area contributed by atoms with Crippen LogP contribution in [0.2, 0.25) is 0 Å². The van der Waals surface area contributed by atoms with Crippen LogP contribution < -0.4 is 5.32 Å². The van der Waals surface area contributed by atoms with E-state index in [1.807, 2.05) is 12.1 Å². The summed E-state index contributed by atoms with van der Waals surface area (Å²) in [6.07, 6.45) is -1.11. The first-order chi connectivity index (χ1) is 17.2. The summed E-state index contributed by atoms with van der Waals surface area (Å²) in [6.45, 7) is 4.50. The Kier molecular flexibility index (Phi) is 7.33.